The van der Waals surface area contributed by atoms with Crippen LogP contribution in [0.15, 0.2) is 40.0 Å². The number of aromatic nitrogens is 3. The summed E-state index contributed by atoms with van der Waals surface area (Å²) >= 11 is 1.10. The van der Waals surface area contributed by atoms with Gasteiger partial charge in [-0.05, 0) is 25.0 Å². The fraction of sp³-hybridized carbons (Fsp3) is 0.294. The lowest BCUT2D eigenvalue weighted by Gasteiger charge is -2.04. The van der Waals surface area contributed by atoms with Crippen molar-refractivity contribution in [1.29, 1.82) is 0 Å². The Hall–Kier alpha value is -2.19. The number of H-pyrrole nitrogens is 1. The molecule has 3 heterocycles. The van der Waals surface area contributed by atoms with Crippen molar-refractivity contribution in [1.82, 2.24) is 14.6 Å². The van der Waals surface area contributed by atoms with Gasteiger partial charge in [0.2, 0.25) is 0 Å². The molecule has 3 aromatic rings. The number of nitrogens with zero attached hydrogens (tertiary/aromatic N) is 2. The Labute approximate surface area is 146 Å². The van der Waals surface area contributed by atoms with Crippen LogP contribution in [0.25, 0.3) is 5.65 Å². The van der Waals surface area contributed by atoms with Gasteiger partial charge in [0.05, 0.1) is 17.5 Å². The molecule has 25 heavy (non-hydrogen) atoms. The van der Waals surface area contributed by atoms with Crippen molar-refractivity contribution in [3.63, 3.8) is 0 Å². The first-order chi connectivity index (χ1) is 12.1. The molecular weight excluding hydrogens is 348 g/mol. The van der Waals surface area contributed by atoms with Gasteiger partial charge in [0, 0.05) is 29.4 Å². The molecule has 1 atom stereocenters. The topological polar surface area (TPSA) is 59.4 Å². The summed E-state index contributed by atoms with van der Waals surface area (Å²) in [5.41, 5.74) is 1.58. The monoisotopic (exact) mass is 363 g/mol. The summed E-state index contributed by atoms with van der Waals surface area (Å²) in [5, 5.41) is 3.02. The molecule has 1 fully saturated rings. The Morgan fingerprint density at radius 3 is 3.04 bits per heavy atom. The molecule has 2 aromatic heterocycles. The van der Waals surface area contributed by atoms with Gasteiger partial charge in [0.25, 0.3) is 5.56 Å². The molecule has 0 aliphatic carbocycles. The summed E-state index contributed by atoms with van der Waals surface area (Å²) in [6.45, 7) is 0.712. The normalized spacial score (nSPS) is 17.4. The fourth-order valence-electron chi connectivity index (χ4n) is 2.87. The summed E-state index contributed by atoms with van der Waals surface area (Å²) in [6.07, 6.45) is 1.85. The number of rotatable bonds is 4. The Balaban J connectivity index is 1.59. The van der Waals surface area contributed by atoms with Gasteiger partial charge in [-0.2, -0.15) is 0 Å². The van der Waals surface area contributed by atoms with Crippen LogP contribution in [-0.2, 0) is 10.5 Å². The number of aromatic amines is 1. The standard InChI is InChI=1S/C17H15F2N3O2S/c18-11-3-1-5-14(17(11)19)25-9-10-7-16(23)22-15(20-10)8-12(21-22)13-4-2-6-24-13/h1,3,5,7-8,13,21H,2,4,6,9H2. The first-order valence-electron chi connectivity index (χ1n) is 7.92. The highest BCUT2D eigenvalue weighted by Crippen LogP contribution is 2.28. The summed E-state index contributed by atoms with van der Waals surface area (Å²) in [7, 11) is 0. The van der Waals surface area contributed by atoms with E-state index >= 15 is 0 Å². The van der Waals surface area contributed by atoms with Crippen molar-refractivity contribution >= 4 is 17.4 Å². The third kappa shape index (κ3) is 3.19. The van der Waals surface area contributed by atoms with Crippen LogP contribution in [0.4, 0.5) is 8.78 Å². The van der Waals surface area contributed by atoms with Crippen LogP contribution in [-0.4, -0.2) is 21.2 Å². The Kier molecular flexibility index (Phi) is 4.30. The van der Waals surface area contributed by atoms with Crippen LogP contribution in [0.1, 0.15) is 30.3 Å². The molecule has 0 spiro atoms. The zero-order valence-electron chi connectivity index (χ0n) is 13.2. The van der Waals surface area contributed by atoms with E-state index in [9.17, 15) is 13.6 Å². The van der Waals surface area contributed by atoms with Gasteiger partial charge in [-0.3, -0.25) is 9.89 Å². The van der Waals surface area contributed by atoms with E-state index in [4.69, 9.17) is 4.74 Å². The third-order valence-electron chi connectivity index (χ3n) is 4.09. The first kappa shape index (κ1) is 16.3. The van der Waals surface area contributed by atoms with E-state index in [2.05, 4.69) is 10.1 Å². The maximum Gasteiger partial charge on any atom is 0.272 e. The number of benzene rings is 1. The number of hydrogen-bond donors (Lipinski definition) is 1. The predicted molar refractivity (Wildman–Crippen MR) is 89.7 cm³/mol. The van der Waals surface area contributed by atoms with E-state index in [1.165, 1.54) is 22.7 Å². The molecule has 5 nitrogen and oxygen atoms in total. The van der Waals surface area contributed by atoms with Crippen LogP contribution < -0.4 is 5.56 Å². The van der Waals surface area contributed by atoms with Crippen LogP contribution in [0.2, 0.25) is 0 Å². The molecule has 130 valence electrons. The Bertz CT molecular complexity index is 980. The number of fused-ring (bicyclic) bond motifs is 1. The van der Waals surface area contributed by atoms with Crippen LogP contribution >= 0.6 is 11.8 Å². The van der Waals surface area contributed by atoms with Gasteiger partial charge < -0.3 is 4.74 Å². The molecule has 0 amide bonds. The van der Waals surface area contributed by atoms with Crippen molar-refractivity contribution < 1.29 is 13.5 Å². The van der Waals surface area contributed by atoms with Crippen molar-refractivity contribution in [3.05, 3.63) is 63.7 Å². The largest absolute Gasteiger partial charge is 0.372 e. The van der Waals surface area contributed by atoms with Crippen molar-refractivity contribution in [2.24, 2.45) is 0 Å². The minimum atomic E-state index is -0.889. The lowest BCUT2D eigenvalue weighted by atomic mass is 10.2. The third-order valence-corrected chi connectivity index (χ3v) is 5.16. The average Bonchev–Trinajstić information content (AvgIpc) is 3.25. The molecule has 1 unspecified atom stereocenters. The van der Waals surface area contributed by atoms with E-state index in [-0.39, 0.29) is 22.3 Å². The molecule has 1 aliphatic heterocycles. The van der Waals surface area contributed by atoms with Gasteiger partial charge in [0.15, 0.2) is 17.3 Å². The van der Waals surface area contributed by atoms with E-state index < -0.39 is 11.6 Å². The number of ether oxygens (including phenoxy) is 1. The second kappa shape index (κ2) is 6.61. The number of nitrogens with one attached hydrogen (secondary N) is 1. The average molecular weight is 363 g/mol. The maximum absolute atomic E-state index is 13.7. The molecule has 0 saturated carbocycles. The lowest BCUT2D eigenvalue weighted by molar-refractivity contribution is 0.108. The van der Waals surface area contributed by atoms with E-state index in [1.54, 1.807) is 6.07 Å². The zero-order chi connectivity index (χ0) is 17.4. The van der Waals surface area contributed by atoms with E-state index in [1.807, 2.05) is 0 Å². The smallest absolute Gasteiger partial charge is 0.272 e. The molecule has 1 N–H and O–H groups in total. The van der Waals surface area contributed by atoms with Gasteiger partial charge in [0.1, 0.15) is 0 Å². The molecule has 8 heteroatoms. The molecule has 4 rings (SSSR count). The van der Waals surface area contributed by atoms with Crippen LogP contribution in [0.3, 0.4) is 0 Å². The number of thioether (sulfide) groups is 1. The van der Waals surface area contributed by atoms with Crippen LogP contribution in [0, 0.1) is 11.6 Å². The SMILES string of the molecule is O=c1cc(CSc2cccc(F)c2F)nc2cc(C3CCCO3)[nH]n12. The van der Waals surface area contributed by atoms with Crippen molar-refractivity contribution in [2.75, 3.05) is 6.61 Å². The van der Waals surface area contributed by atoms with Crippen molar-refractivity contribution in [3.8, 4) is 0 Å². The highest BCUT2D eigenvalue weighted by molar-refractivity contribution is 7.98. The Morgan fingerprint density at radius 2 is 2.24 bits per heavy atom. The fourth-order valence-corrected chi connectivity index (χ4v) is 3.72. The second-order valence-corrected chi connectivity index (χ2v) is 6.85. The Morgan fingerprint density at radius 1 is 1.36 bits per heavy atom. The first-order valence-corrected chi connectivity index (χ1v) is 8.90. The van der Waals surface area contributed by atoms with E-state index in [0.717, 1.165) is 36.4 Å². The molecule has 1 aromatic carbocycles. The van der Waals surface area contributed by atoms with E-state index in [0.29, 0.717) is 17.9 Å². The van der Waals surface area contributed by atoms with Gasteiger partial charge >= 0.3 is 0 Å². The predicted octanol–water partition coefficient (Wildman–Crippen LogP) is 3.44. The minimum Gasteiger partial charge on any atom is -0.372 e. The van der Waals surface area contributed by atoms with Gasteiger partial charge in [-0.15, -0.1) is 11.8 Å². The quantitative estimate of drug-likeness (QED) is 0.722. The summed E-state index contributed by atoms with van der Waals surface area (Å²) in [5.74, 6) is -1.50. The molecule has 0 bridgehead atoms. The van der Waals surface area contributed by atoms with Crippen molar-refractivity contribution in [2.45, 2.75) is 29.6 Å². The summed E-state index contributed by atoms with van der Waals surface area (Å²) < 4.78 is 33.9. The van der Waals surface area contributed by atoms with Gasteiger partial charge in [-0.1, -0.05) is 6.07 Å². The minimum absolute atomic E-state index is 0.0414. The number of hydrogen-bond acceptors (Lipinski definition) is 4. The van der Waals surface area contributed by atoms with Crippen LogP contribution in [0.5, 0.6) is 0 Å². The highest BCUT2D eigenvalue weighted by Gasteiger charge is 2.20. The molecule has 1 aliphatic rings. The molecular formula is C17H15F2N3O2S. The summed E-state index contributed by atoms with van der Waals surface area (Å²) in [4.78, 5) is 16.9. The lowest BCUT2D eigenvalue weighted by Crippen LogP contribution is -2.15. The summed E-state index contributed by atoms with van der Waals surface area (Å²) in [6, 6.07) is 7.22. The zero-order valence-corrected chi connectivity index (χ0v) is 14.0. The number of halogens is 2. The molecule has 0 radical (unpaired) electrons. The molecule has 1 saturated heterocycles. The maximum atomic E-state index is 13.7. The highest BCUT2D eigenvalue weighted by atomic mass is 32.2. The van der Waals surface area contributed by atoms with Gasteiger partial charge in [-0.25, -0.2) is 18.3 Å². The second-order valence-electron chi connectivity index (χ2n) is 5.83.